The van der Waals surface area contributed by atoms with Gasteiger partial charge in [-0.3, -0.25) is 0 Å². The van der Waals surface area contributed by atoms with E-state index in [0.717, 1.165) is 22.3 Å². The highest BCUT2D eigenvalue weighted by atomic mass is 15.0. The first-order valence-electron chi connectivity index (χ1n) is 16.6. The van der Waals surface area contributed by atoms with Gasteiger partial charge < -0.3 is 0 Å². The largest absolute Gasteiger partial charge is 0.211 e. The van der Waals surface area contributed by atoms with Gasteiger partial charge in [-0.25, -0.2) is 15.0 Å². The molecule has 1 aliphatic carbocycles. The number of nitrogens with zero attached hydrogens (tertiary/aromatic N) is 3. The predicted molar refractivity (Wildman–Crippen MR) is 199 cm³/mol. The van der Waals surface area contributed by atoms with Gasteiger partial charge in [0.2, 0.25) is 0 Å². The molecule has 8 aromatic rings. The van der Waals surface area contributed by atoms with Crippen molar-refractivity contribution in [3.8, 4) is 56.2 Å². The molecule has 1 heterocycles. The SMILES string of the molecule is c1ccc(-c2ccc(-c3nc(-c4ccccc4)nc(C4(c5ccc(-c6ccccc6)cc5)c5ccccc5-c5ccccc54)n3)cc2)cc1. The summed E-state index contributed by atoms with van der Waals surface area (Å²) in [6.07, 6.45) is 0. The summed E-state index contributed by atoms with van der Waals surface area (Å²) in [6, 6.07) is 66.1. The van der Waals surface area contributed by atoms with Gasteiger partial charge in [0.05, 0.1) is 0 Å². The van der Waals surface area contributed by atoms with Gasteiger partial charge in [-0.1, -0.05) is 188 Å². The maximum absolute atomic E-state index is 5.42. The third-order valence-corrected chi connectivity index (χ3v) is 9.63. The summed E-state index contributed by atoms with van der Waals surface area (Å²) in [5, 5.41) is 0. The van der Waals surface area contributed by atoms with E-state index in [1.807, 2.05) is 24.3 Å². The molecule has 0 fully saturated rings. The molecule has 0 saturated heterocycles. The van der Waals surface area contributed by atoms with Gasteiger partial charge in [0.1, 0.15) is 5.41 Å². The van der Waals surface area contributed by atoms with Crippen molar-refractivity contribution in [2.75, 3.05) is 0 Å². The van der Waals surface area contributed by atoms with E-state index in [1.54, 1.807) is 0 Å². The first-order valence-corrected chi connectivity index (χ1v) is 16.6. The minimum absolute atomic E-state index is 0.644. The summed E-state index contributed by atoms with van der Waals surface area (Å²) < 4.78 is 0. The van der Waals surface area contributed by atoms with E-state index in [-0.39, 0.29) is 0 Å². The van der Waals surface area contributed by atoms with Crippen molar-refractivity contribution in [1.29, 1.82) is 0 Å². The Morgan fingerprint density at radius 1 is 0.286 bits per heavy atom. The van der Waals surface area contributed by atoms with Gasteiger partial charge in [0.25, 0.3) is 0 Å². The van der Waals surface area contributed by atoms with Crippen LogP contribution in [0, 0.1) is 0 Å². The highest BCUT2D eigenvalue weighted by Gasteiger charge is 2.48. The average molecular weight is 626 g/mol. The smallest absolute Gasteiger partial charge is 0.163 e. The van der Waals surface area contributed by atoms with Crippen LogP contribution in [0.15, 0.2) is 188 Å². The molecule has 230 valence electrons. The molecule has 1 aromatic heterocycles. The van der Waals surface area contributed by atoms with Gasteiger partial charge in [0, 0.05) is 11.1 Å². The molecule has 0 saturated carbocycles. The number of fused-ring (bicyclic) bond motifs is 3. The van der Waals surface area contributed by atoms with Gasteiger partial charge in [-0.05, 0) is 50.1 Å². The predicted octanol–water partition coefficient (Wildman–Crippen LogP) is 10.9. The standard InChI is InChI=1S/C46H31N3/c1-4-14-32(15-5-1)34-24-26-37(27-25-34)44-47-43(36-18-8-3-9-19-36)48-45(49-44)46(38-30-28-35(29-31-38)33-16-6-2-7-17-33)41-22-12-10-20-39(41)40-21-11-13-23-42(40)46/h1-31H. The molecule has 0 amide bonds. The number of rotatable bonds is 6. The van der Waals surface area contributed by atoms with Crippen molar-refractivity contribution in [2.45, 2.75) is 5.41 Å². The maximum atomic E-state index is 5.42. The fraction of sp³-hybridized carbons (Fsp3) is 0.0217. The number of hydrogen-bond donors (Lipinski definition) is 0. The van der Waals surface area contributed by atoms with Crippen LogP contribution < -0.4 is 0 Å². The topological polar surface area (TPSA) is 38.7 Å². The second kappa shape index (κ2) is 12.0. The number of benzene rings is 7. The molecule has 0 aliphatic heterocycles. The molecule has 0 N–H and O–H groups in total. The Bertz CT molecular complexity index is 2360. The van der Waals surface area contributed by atoms with E-state index in [0.29, 0.717) is 17.5 Å². The summed E-state index contributed by atoms with van der Waals surface area (Å²) in [5.74, 6) is 1.99. The zero-order valence-corrected chi connectivity index (χ0v) is 26.7. The Morgan fingerprint density at radius 2 is 0.633 bits per heavy atom. The lowest BCUT2D eigenvalue weighted by Gasteiger charge is -2.32. The molecule has 0 radical (unpaired) electrons. The van der Waals surface area contributed by atoms with E-state index in [9.17, 15) is 0 Å². The van der Waals surface area contributed by atoms with E-state index >= 15 is 0 Å². The number of aromatic nitrogens is 3. The van der Waals surface area contributed by atoms with Crippen LogP contribution in [-0.2, 0) is 5.41 Å². The molecule has 0 atom stereocenters. The Labute approximate surface area is 286 Å². The Kier molecular flexibility index (Phi) is 7.02. The van der Waals surface area contributed by atoms with Crippen LogP contribution in [0.25, 0.3) is 56.2 Å². The first kappa shape index (κ1) is 28.7. The minimum Gasteiger partial charge on any atom is -0.211 e. The molecule has 49 heavy (non-hydrogen) atoms. The average Bonchev–Trinajstić information content (AvgIpc) is 3.50. The molecule has 7 aromatic carbocycles. The second-order valence-electron chi connectivity index (χ2n) is 12.4. The third kappa shape index (κ3) is 4.87. The Balaban J connectivity index is 1.31. The van der Waals surface area contributed by atoms with Crippen molar-refractivity contribution >= 4 is 0 Å². The molecule has 3 nitrogen and oxygen atoms in total. The summed E-state index contributed by atoms with van der Waals surface area (Å²) in [5.41, 5.74) is 11.6. The summed E-state index contributed by atoms with van der Waals surface area (Å²) in [6.45, 7) is 0. The summed E-state index contributed by atoms with van der Waals surface area (Å²) >= 11 is 0. The van der Waals surface area contributed by atoms with E-state index in [2.05, 4.69) is 164 Å². The quantitative estimate of drug-likeness (QED) is 0.185. The zero-order valence-electron chi connectivity index (χ0n) is 26.7. The van der Waals surface area contributed by atoms with Gasteiger partial charge in [0.15, 0.2) is 17.5 Å². The normalized spacial score (nSPS) is 12.7. The zero-order chi connectivity index (χ0) is 32.6. The Hall–Kier alpha value is -6.45. The van der Waals surface area contributed by atoms with Gasteiger partial charge in [-0.2, -0.15) is 0 Å². The molecule has 9 rings (SSSR count). The van der Waals surface area contributed by atoms with Crippen LogP contribution in [0.2, 0.25) is 0 Å². The van der Waals surface area contributed by atoms with Crippen LogP contribution in [0.3, 0.4) is 0 Å². The van der Waals surface area contributed by atoms with E-state index in [4.69, 9.17) is 15.0 Å². The lowest BCUT2D eigenvalue weighted by atomic mass is 9.71. The van der Waals surface area contributed by atoms with Gasteiger partial charge in [-0.15, -0.1) is 0 Å². The lowest BCUT2D eigenvalue weighted by Crippen LogP contribution is -2.31. The highest BCUT2D eigenvalue weighted by molar-refractivity contribution is 5.86. The fourth-order valence-corrected chi connectivity index (χ4v) is 7.29. The van der Waals surface area contributed by atoms with Crippen LogP contribution >= 0.6 is 0 Å². The van der Waals surface area contributed by atoms with E-state index < -0.39 is 5.41 Å². The molecule has 1 aliphatic rings. The third-order valence-electron chi connectivity index (χ3n) is 9.63. The summed E-state index contributed by atoms with van der Waals surface area (Å²) in [4.78, 5) is 15.9. The van der Waals surface area contributed by atoms with Crippen molar-refractivity contribution < 1.29 is 0 Å². The molecular formula is C46H31N3. The highest BCUT2D eigenvalue weighted by Crippen LogP contribution is 2.55. The molecule has 0 unspecified atom stereocenters. The maximum Gasteiger partial charge on any atom is 0.163 e. The van der Waals surface area contributed by atoms with Crippen LogP contribution in [0.1, 0.15) is 22.5 Å². The van der Waals surface area contributed by atoms with Crippen molar-refractivity contribution in [3.05, 3.63) is 211 Å². The summed E-state index contributed by atoms with van der Waals surface area (Å²) in [7, 11) is 0. The van der Waals surface area contributed by atoms with Crippen molar-refractivity contribution in [3.63, 3.8) is 0 Å². The first-order chi connectivity index (χ1) is 24.3. The monoisotopic (exact) mass is 625 g/mol. The van der Waals surface area contributed by atoms with Crippen molar-refractivity contribution in [1.82, 2.24) is 15.0 Å². The van der Waals surface area contributed by atoms with Gasteiger partial charge >= 0.3 is 0 Å². The molecule has 0 bridgehead atoms. The number of hydrogen-bond acceptors (Lipinski definition) is 3. The second-order valence-corrected chi connectivity index (χ2v) is 12.4. The van der Waals surface area contributed by atoms with Crippen molar-refractivity contribution in [2.24, 2.45) is 0 Å². The Morgan fingerprint density at radius 3 is 1.12 bits per heavy atom. The minimum atomic E-state index is -0.770. The van der Waals surface area contributed by atoms with Crippen LogP contribution in [0.4, 0.5) is 0 Å². The van der Waals surface area contributed by atoms with Crippen LogP contribution in [-0.4, -0.2) is 15.0 Å². The lowest BCUT2D eigenvalue weighted by molar-refractivity contribution is 0.692. The van der Waals surface area contributed by atoms with Crippen LogP contribution in [0.5, 0.6) is 0 Å². The fourth-order valence-electron chi connectivity index (χ4n) is 7.29. The molecular weight excluding hydrogens is 595 g/mol. The molecule has 0 spiro atoms. The molecule has 3 heteroatoms. The van der Waals surface area contributed by atoms with E-state index in [1.165, 1.54) is 38.9 Å².